The molecule has 0 aliphatic rings. The second-order valence-electron chi connectivity index (χ2n) is 5.54. The van der Waals surface area contributed by atoms with Gasteiger partial charge in [-0.1, -0.05) is 19.1 Å². The summed E-state index contributed by atoms with van der Waals surface area (Å²) in [6, 6.07) is 5.11. The Hall–Kier alpha value is -0.940. The Balaban J connectivity index is 0.00000576. The highest BCUT2D eigenvalue weighted by Crippen LogP contribution is 2.08. The summed E-state index contributed by atoms with van der Waals surface area (Å²) in [5.74, 6) is 0.371. The molecule has 6 nitrogen and oxygen atoms in total. The van der Waals surface area contributed by atoms with Crippen LogP contribution >= 0.6 is 24.0 Å². The number of hydrogen-bond acceptors (Lipinski definition) is 3. The summed E-state index contributed by atoms with van der Waals surface area (Å²) >= 11 is 0. The van der Waals surface area contributed by atoms with Gasteiger partial charge in [0.15, 0.2) is 5.96 Å². The summed E-state index contributed by atoms with van der Waals surface area (Å²) < 4.78 is 37.9. The molecule has 0 unspecified atom stereocenters. The molecule has 0 radical (unpaired) electrons. The number of guanidine groups is 1. The third kappa shape index (κ3) is 8.82. The van der Waals surface area contributed by atoms with E-state index in [1.165, 1.54) is 16.6 Å². The van der Waals surface area contributed by atoms with Gasteiger partial charge in [-0.2, -0.15) is 0 Å². The van der Waals surface area contributed by atoms with Gasteiger partial charge in [0, 0.05) is 33.2 Å². The zero-order valence-electron chi connectivity index (χ0n) is 15.2. The van der Waals surface area contributed by atoms with Gasteiger partial charge in [-0.15, -0.1) is 24.0 Å². The molecular formula is C16H28FIN4O2S. The van der Waals surface area contributed by atoms with Crippen molar-refractivity contribution in [3.8, 4) is 0 Å². The van der Waals surface area contributed by atoms with Crippen LogP contribution in [-0.4, -0.2) is 51.6 Å². The van der Waals surface area contributed by atoms with Gasteiger partial charge in [-0.3, -0.25) is 4.99 Å². The van der Waals surface area contributed by atoms with Crippen molar-refractivity contribution in [2.24, 2.45) is 4.99 Å². The maximum Gasteiger partial charge on any atom is 0.211 e. The van der Waals surface area contributed by atoms with E-state index >= 15 is 0 Å². The summed E-state index contributed by atoms with van der Waals surface area (Å²) in [7, 11) is -1.50. The van der Waals surface area contributed by atoms with Crippen molar-refractivity contribution in [3.05, 3.63) is 35.1 Å². The van der Waals surface area contributed by atoms with Crippen LogP contribution in [0.1, 0.15) is 24.5 Å². The average molecular weight is 486 g/mol. The smallest absolute Gasteiger partial charge is 0.211 e. The van der Waals surface area contributed by atoms with Crippen LogP contribution < -0.4 is 10.6 Å². The first-order chi connectivity index (χ1) is 11.3. The summed E-state index contributed by atoms with van der Waals surface area (Å²) in [5, 5.41) is 6.23. The number of sulfonamides is 1. The Morgan fingerprint density at radius 3 is 2.52 bits per heavy atom. The van der Waals surface area contributed by atoms with Gasteiger partial charge in [-0.25, -0.2) is 17.1 Å². The number of rotatable bonds is 8. The Bertz CT molecular complexity index is 668. The topological polar surface area (TPSA) is 73.8 Å². The van der Waals surface area contributed by atoms with E-state index < -0.39 is 10.0 Å². The normalized spacial score (nSPS) is 12.0. The Kier molecular flexibility index (Phi) is 11.2. The lowest BCUT2D eigenvalue weighted by Gasteiger charge is -2.18. The van der Waals surface area contributed by atoms with Crippen molar-refractivity contribution in [1.82, 2.24) is 14.9 Å². The molecule has 0 spiro atoms. The van der Waals surface area contributed by atoms with Crippen molar-refractivity contribution < 1.29 is 12.8 Å². The van der Waals surface area contributed by atoms with Gasteiger partial charge in [0.25, 0.3) is 0 Å². The lowest BCUT2D eigenvalue weighted by molar-refractivity contribution is 0.424. The van der Waals surface area contributed by atoms with Gasteiger partial charge in [0.1, 0.15) is 5.82 Å². The minimum absolute atomic E-state index is 0. The van der Waals surface area contributed by atoms with Gasteiger partial charge in [-0.05, 0) is 30.5 Å². The van der Waals surface area contributed by atoms with Crippen LogP contribution in [0.25, 0.3) is 0 Å². The number of aryl methyl sites for hydroxylation is 1. The molecule has 9 heteroatoms. The number of halogens is 2. The summed E-state index contributed by atoms with van der Waals surface area (Å²) in [6.07, 6.45) is 1.88. The van der Waals surface area contributed by atoms with E-state index in [1.54, 1.807) is 20.0 Å². The molecule has 1 aromatic carbocycles. The molecule has 0 bridgehead atoms. The standard InChI is InChI=1S/C16H27FN4O2S.HI/c1-5-21(24(4,22)23)10-6-9-19-16(18-3)20-12-14-8-7-13(2)15(17)11-14;/h7-8,11H,5-6,9-10,12H2,1-4H3,(H2,18,19,20);1H. The zero-order valence-corrected chi connectivity index (χ0v) is 18.3. The van der Waals surface area contributed by atoms with E-state index in [-0.39, 0.29) is 29.8 Å². The first kappa shape index (κ1) is 24.1. The van der Waals surface area contributed by atoms with E-state index in [1.807, 2.05) is 13.0 Å². The molecule has 0 atom stereocenters. The first-order valence-corrected chi connectivity index (χ1v) is 9.77. The van der Waals surface area contributed by atoms with Crippen LogP contribution in [-0.2, 0) is 16.6 Å². The van der Waals surface area contributed by atoms with Crippen LogP contribution in [0, 0.1) is 12.7 Å². The maximum atomic E-state index is 13.5. The molecule has 144 valence electrons. The van der Waals surface area contributed by atoms with Crippen LogP contribution in [0.2, 0.25) is 0 Å². The highest BCUT2D eigenvalue weighted by Gasteiger charge is 2.13. The lowest BCUT2D eigenvalue weighted by atomic mass is 10.1. The van der Waals surface area contributed by atoms with Crippen LogP contribution in [0.4, 0.5) is 4.39 Å². The fourth-order valence-electron chi connectivity index (χ4n) is 2.17. The molecular weight excluding hydrogens is 458 g/mol. The molecule has 0 saturated carbocycles. The monoisotopic (exact) mass is 486 g/mol. The van der Waals surface area contributed by atoms with E-state index in [0.717, 1.165) is 5.56 Å². The van der Waals surface area contributed by atoms with Crippen molar-refractivity contribution in [3.63, 3.8) is 0 Å². The number of nitrogens with zero attached hydrogens (tertiary/aromatic N) is 2. The maximum absolute atomic E-state index is 13.5. The van der Waals surface area contributed by atoms with Crippen molar-refractivity contribution >= 4 is 40.0 Å². The molecule has 1 aromatic rings. The van der Waals surface area contributed by atoms with Gasteiger partial charge < -0.3 is 10.6 Å². The largest absolute Gasteiger partial charge is 0.356 e. The third-order valence-corrected chi connectivity index (χ3v) is 5.00. The lowest BCUT2D eigenvalue weighted by Crippen LogP contribution is -2.39. The third-order valence-electron chi connectivity index (χ3n) is 3.62. The fourth-order valence-corrected chi connectivity index (χ4v) is 3.10. The molecule has 25 heavy (non-hydrogen) atoms. The molecule has 0 fully saturated rings. The predicted octanol–water partition coefficient (Wildman–Crippen LogP) is 2.09. The SMILES string of the molecule is CCN(CCCNC(=NC)NCc1ccc(C)c(F)c1)S(C)(=O)=O.I. The van der Waals surface area contributed by atoms with E-state index in [9.17, 15) is 12.8 Å². The van der Waals surface area contributed by atoms with Crippen molar-refractivity contribution in [2.75, 3.05) is 32.9 Å². The fraction of sp³-hybridized carbons (Fsp3) is 0.562. The molecule has 0 heterocycles. The zero-order chi connectivity index (χ0) is 18.2. The van der Waals surface area contributed by atoms with Gasteiger partial charge in [0.05, 0.1) is 6.26 Å². The van der Waals surface area contributed by atoms with Gasteiger partial charge >= 0.3 is 0 Å². The molecule has 0 amide bonds. The van der Waals surface area contributed by atoms with Crippen LogP contribution in [0.15, 0.2) is 23.2 Å². The van der Waals surface area contributed by atoms with Crippen molar-refractivity contribution in [1.29, 1.82) is 0 Å². The Morgan fingerprint density at radius 2 is 2.00 bits per heavy atom. The second kappa shape index (κ2) is 11.6. The summed E-state index contributed by atoms with van der Waals surface area (Å²) in [4.78, 5) is 4.10. The molecule has 0 saturated heterocycles. The molecule has 1 rings (SSSR count). The molecule has 0 aliphatic heterocycles. The van der Waals surface area contributed by atoms with E-state index in [4.69, 9.17) is 0 Å². The Morgan fingerprint density at radius 1 is 1.32 bits per heavy atom. The molecule has 0 aromatic heterocycles. The quantitative estimate of drug-likeness (QED) is 0.256. The number of hydrogen-bond donors (Lipinski definition) is 2. The first-order valence-electron chi connectivity index (χ1n) is 7.92. The van der Waals surface area contributed by atoms with E-state index in [2.05, 4.69) is 15.6 Å². The average Bonchev–Trinajstić information content (AvgIpc) is 2.52. The van der Waals surface area contributed by atoms with E-state index in [0.29, 0.717) is 44.1 Å². The Labute approximate surface area is 167 Å². The predicted molar refractivity (Wildman–Crippen MR) is 111 cm³/mol. The summed E-state index contributed by atoms with van der Waals surface area (Å²) in [5.41, 5.74) is 1.45. The van der Waals surface area contributed by atoms with Crippen LogP contribution in [0.5, 0.6) is 0 Å². The number of benzene rings is 1. The second-order valence-corrected chi connectivity index (χ2v) is 7.53. The highest BCUT2D eigenvalue weighted by molar-refractivity contribution is 14.0. The number of nitrogens with one attached hydrogen (secondary N) is 2. The minimum atomic E-state index is -3.15. The number of aliphatic imine (C=N–C) groups is 1. The summed E-state index contributed by atoms with van der Waals surface area (Å²) in [6.45, 7) is 5.52. The molecule has 0 aliphatic carbocycles. The van der Waals surface area contributed by atoms with Gasteiger partial charge in [0.2, 0.25) is 10.0 Å². The van der Waals surface area contributed by atoms with Crippen LogP contribution in [0.3, 0.4) is 0 Å². The minimum Gasteiger partial charge on any atom is -0.356 e. The highest BCUT2D eigenvalue weighted by atomic mass is 127. The molecule has 2 N–H and O–H groups in total. The van der Waals surface area contributed by atoms with Crippen molar-refractivity contribution in [2.45, 2.75) is 26.8 Å².